The molecule has 0 radical (unpaired) electrons. The van der Waals surface area contributed by atoms with E-state index in [4.69, 9.17) is 0 Å². The van der Waals surface area contributed by atoms with E-state index in [9.17, 15) is 9.90 Å². The van der Waals surface area contributed by atoms with E-state index in [2.05, 4.69) is 22.4 Å². The van der Waals surface area contributed by atoms with Crippen LogP contribution >= 0.6 is 0 Å². The average Bonchev–Trinajstić information content (AvgIpc) is 3.01. The van der Waals surface area contributed by atoms with Gasteiger partial charge in [0.1, 0.15) is 0 Å². The molecule has 1 heterocycles. The maximum absolute atomic E-state index is 11.4. The van der Waals surface area contributed by atoms with E-state index in [1.54, 1.807) is 0 Å². The monoisotopic (exact) mass is 285 g/mol. The van der Waals surface area contributed by atoms with Crippen LogP contribution in [0, 0.1) is 5.92 Å². The van der Waals surface area contributed by atoms with Crippen molar-refractivity contribution < 1.29 is 9.90 Å². The lowest BCUT2D eigenvalue weighted by Crippen LogP contribution is -2.25. The number of rotatable bonds is 4. The first-order valence-electron chi connectivity index (χ1n) is 7.42. The molecule has 1 saturated carbocycles. The lowest BCUT2D eigenvalue weighted by molar-refractivity contribution is 0.0690. The fourth-order valence-corrected chi connectivity index (χ4v) is 3.15. The molecule has 2 aromatic rings. The Bertz CT molecular complexity index is 666. The molecular weight excluding hydrogens is 266 g/mol. The summed E-state index contributed by atoms with van der Waals surface area (Å²) in [5.41, 5.74) is 1.30. The fraction of sp³-hybridized carbons (Fsp3) is 0.438. The van der Waals surface area contributed by atoms with Gasteiger partial charge in [-0.15, -0.1) is 10.2 Å². The van der Waals surface area contributed by atoms with Gasteiger partial charge in [-0.2, -0.15) is 0 Å². The van der Waals surface area contributed by atoms with E-state index in [0.717, 1.165) is 5.39 Å². The summed E-state index contributed by atoms with van der Waals surface area (Å²) < 4.78 is 0. The number of aromatic carboxylic acids is 1. The predicted molar refractivity (Wildman–Crippen MR) is 81.5 cm³/mol. The van der Waals surface area contributed by atoms with Gasteiger partial charge in [-0.25, -0.2) is 4.79 Å². The smallest absolute Gasteiger partial charge is 0.358 e. The third kappa shape index (κ3) is 2.68. The van der Waals surface area contributed by atoms with Gasteiger partial charge in [0.2, 0.25) is 0 Å². The summed E-state index contributed by atoms with van der Waals surface area (Å²) in [5.74, 6) is -0.451. The maximum Gasteiger partial charge on any atom is 0.358 e. The predicted octanol–water partition coefficient (Wildman–Crippen LogP) is 3.32. The van der Waals surface area contributed by atoms with Gasteiger partial charge in [0.15, 0.2) is 5.69 Å². The van der Waals surface area contributed by atoms with Crippen LogP contribution in [0.15, 0.2) is 24.3 Å². The zero-order chi connectivity index (χ0) is 14.8. The van der Waals surface area contributed by atoms with Crippen molar-refractivity contribution in [1.29, 1.82) is 0 Å². The molecule has 1 aromatic carbocycles. The summed E-state index contributed by atoms with van der Waals surface area (Å²) in [5, 5.41) is 21.4. The number of hydrogen-bond donors (Lipinski definition) is 2. The third-order valence-electron chi connectivity index (χ3n) is 4.35. The Labute approximate surface area is 123 Å². The van der Waals surface area contributed by atoms with Gasteiger partial charge in [-0.1, -0.05) is 31.0 Å². The second-order valence-electron chi connectivity index (χ2n) is 5.72. The van der Waals surface area contributed by atoms with Gasteiger partial charge >= 0.3 is 5.97 Å². The van der Waals surface area contributed by atoms with Crippen molar-refractivity contribution in [2.75, 3.05) is 5.32 Å². The number of carbonyl (C=O) groups is 1. The Morgan fingerprint density at radius 1 is 1.29 bits per heavy atom. The van der Waals surface area contributed by atoms with Crippen molar-refractivity contribution in [1.82, 2.24) is 10.2 Å². The van der Waals surface area contributed by atoms with E-state index in [1.165, 1.54) is 25.7 Å². The highest BCUT2D eigenvalue weighted by Gasteiger charge is 2.24. The average molecular weight is 285 g/mol. The van der Waals surface area contributed by atoms with Crippen LogP contribution < -0.4 is 5.32 Å². The van der Waals surface area contributed by atoms with Crippen LogP contribution in [-0.4, -0.2) is 27.3 Å². The minimum Gasteiger partial charge on any atom is -0.476 e. The van der Waals surface area contributed by atoms with Crippen LogP contribution in [0.3, 0.4) is 0 Å². The summed E-state index contributed by atoms with van der Waals surface area (Å²) in [6.45, 7) is 2.12. The molecule has 1 aliphatic carbocycles. The second kappa shape index (κ2) is 5.68. The molecule has 5 nitrogen and oxygen atoms in total. The molecule has 0 amide bonds. The minimum atomic E-state index is -1.05. The topological polar surface area (TPSA) is 75.1 Å². The molecule has 1 unspecified atom stereocenters. The first-order valence-corrected chi connectivity index (χ1v) is 7.42. The number of anilines is 1. The Morgan fingerprint density at radius 2 is 2.00 bits per heavy atom. The van der Waals surface area contributed by atoms with Crippen molar-refractivity contribution in [2.24, 2.45) is 5.92 Å². The second-order valence-corrected chi connectivity index (χ2v) is 5.72. The standard InChI is InChI=1S/C16H19N3O2/c1-10(11-6-2-3-7-11)17-14-12-8-4-5-9-13(12)18-19-15(14)16(20)21/h4-5,8-11H,2-3,6-7H2,1H3,(H,17,18)(H,20,21). The lowest BCUT2D eigenvalue weighted by atomic mass is 9.99. The number of carboxylic acid groups (broad SMARTS) is 1. The molecule has 1 atom stereocenters. The summed E-state index contributed by atoms with van der Waals surface area (Å²) in [4.78, 5) is 11.4. The zero-order valence-corrected chi connectivity index (χ0v) is 12.0. The van der Waals surface area contributed by atoms with E-state index in [0.29, 0.717) is 17.1 Å². The minimum absolute atomic E-state index is 0.00135. The number of benzene rings is 1. The molecule has 110 valence electrons. The lowest BCUT2D eigenvalue weighted by Gasteiger charge is -2.23. The van der Waals surface area contributed by atoms with Crippen molar-refractivity contribution in [3.05, 3.63) is 30.0 Å². The summed E-state index contributed by atoms with van der Waals surface area (Å²) in [7, 11) is 0. The van der Waals surface area contributed by atoms with Crippen LogP contribution in [0.4, 0.5) is 5.69 Å². The van der Waals surface area contributed by atoms with Gasteiger partial charge in [0, 0.05) is 11.4 Å². The van der Waals surface area contributed by atoms with Crippen LogP contribution in [-0.2, 0) is 0 Å². The molecule has 2 N–H and O–H groups in total. The third-order valence-corrected chi connectivity index (χ3v) is 4.35. The summed E-state index contributed by atoms with van der Waals surface area (Å²) in [6, 6.07) is 7.74. The number of nitrogens with one attached hydrogen (secondary N) is 1. The molecule has 0 saturated heterocycles. The molecule has 0 bridgehead atoms. The van der Waals surface area contributed by atoms with E-state index in [1.807, 2.05) is 24.3 Å². The molecule has 21 heavy (non-hydrogen) atoms. The van der Waals surface area contributed by atoms with Crippen LogP contribution in [0.1, 0.15) is 43.1 Å². The maximum atomic E-state index is 11.4. The van der Waals surface area contributed by atoms with Crippen molar-refractivity contribution in [2.45, 2.75) is 38.6 Å². The van der Waals surface area contributed by atoms with Gasteiger partial charge in [-0.05, 0) is 31.7 Å². The quantitative estimate of drug-likeness (QED) is 0.901. The normalized spacial score (nSPS) is 17.0. The first kappa shape index (κ1) is 13.8. The number of nitrogens with zero attached hydrogens (tertiary/aromatic N) is 2. The largest absolute Gasteiger partial charge is 0.476 e. The molecule has 5 heteroatoms. The van der Waals surface area contributed by atoms with E-state index >= 15 is 0 Å². The van der Waals surface area contributed by atoms with Crippen molar-refractivity contribution in [3.8, 4) is 0 Å². The molecule has 3 rings (SSSR count). The van der Waals surface area contributed by atoms with Crippen LogP contribution in [0.5, 0.6) is 0 Å². The summed E-state index contributed by atoms with van der Waals surface area (Å²) in [6.07, 6.45) is 4.93. The van der Waals surface area contributed by atoms with Crippen molar-refractivity contribution >= 4 is 22.6 Å². The van der Waals surface area contributed by atoms with E-state index < -0.39 is 5.97 Å². The summed E-state index contributed by atoms with van der Waals surface area (Å²) >= 11 is 0. The Balaban J connectivity index is 2.01. The molecule has 0 spiro atoms. The highest BCUT2D eigenvalue weighted by Crippen LogP contribution is 2.31. The Kier molecular flexibility index (Phi) is 3.73. The molecule has 1 aromatic heterocycles. The molecular formula is C16H19N3O2. The highest BCUT2D eigenvalue weighted by atomic mass is 16.4. The van der Waals surface area contributed by atoms with Crippen LogP contribution in [0.25, 0.3) is 10.9 Å². The van der Waals surface area contributed by atoms with Gasteiger partial charge in [-0.3, -0.25) is 0 Å². The Morgan fingerprint density at radius 3 is 2.71 bits per heavy atom. The first-order chi connectivity index (χ1) is 10.2. The molecule has 1 fully saturated rings. The molecule has 1 aliphatic rings. The zero-order valence-electron chi connectivity index (χ0n) is 12.0. The van der Waals surface area contributed by atoms with Crippen molar-refractivity contribution in [3.63, 3.8) is 0 Å². The van der Waals surface area contributed by atoms with Gasteiger partial charge in [0.25, 0.3) is 0 Å². The highest BCUT2D eigenvalue weighted by molar-refractivity contribution is 6.02. The van der Waals surface area contributed by atoms with Gasteiger partial charge in [0.05, 0.1) is 11.2 Å². The number of hydrogen-bond acceptors (Lipinski definition) is 4. The molecule has 0 aliphatic heterocycles. The number of aromatic nitrogens is 2. The van der Waals surface area contributed by atoms with Gasteiger partial charge < -0.3 is 10.4 Å². The van der Waals surface area contributed by atoms with Crippen LogP contribution in [0.2, 0.25) is 0 Å². The number of fused-ring (bicyclic) bond motifs is 1. The fourth-order valence-electron chi connectivity index (χ4n) is 3.15. The number of carboxylic acids is 1. The van der Waals surface area contributed by atoms with E-state index in [-0.39, 0.29) is 11.7 Å². The Hall–Kier alpha value is -2.17. The SMILES string of the molecule is CC(Nc1c(C(=O)O)nnc2ccccc12)C1CCCC1.